The van der Waals surface area contributed by atoms with Gasteiger partial charge in [-0.25, -0.2) is 0 Å². The Morgan fingerprint density at radius 2 is 2.00 bits per heavy atom. The predicted molar refractivity (Wildman–Crippen MR) is 44.8 cm³/mol. The quantitative estimate of drug-likeness (QED) is 0.481. The Hall–Kier alpha value is -0.350. The Balaban J connectivity index is 4.14. The molecular weight excluding hydrogens is 164 g/mol. The van der Waals surface area contributed by atoms with Crippen molar-refractivity contribution in [2.75, 3.05) is 5.75 Å². The van der Waals surface area contributed by atoms with E-state index in [0.717, 1.165) is 0 Å². The molecule has 0 aliphatic rings. The van der Waals surface area contributed by atoms with Crippen LogP contribution in [0.4, 0.5) is 0 Å². The van der Waals surface area contributed by atoms with Gasteiger partial charge in [0.25, 0.3) is 10.1 Å². The lowest BCUT2D eigenvalue weighted by Crippen LogP contribution is -2.15. The summed E-state index contributed by atoms with van der Waals surface area (Å²) < 4.78 is 26.6. The molecule has 0 aliphatic carbocycles. The predicted octanol–water partition coefficient (Wildman–Crippen LogP) is 1.32. The molecule has 0 atom stereocenters. The van der Waals surface area contributed by atoms with Gasteiger partial charge in [-0.3, -0.25) is 4.18 Å². The molecule has 0 radical (unpaired) electrons. The van der Waals surface area contributed by atoms with E-state index >= 15 is 0 Å². The molecule has 0 amide bonds. The van der Waals surface area contributed by atoms with E-state index in [-0.39, 0.29) is 11.9 Å². The molecule has 0 aromatic rings. The molecule has 0 N–H and O–H groups in total. The van der Waals surface area contributed by atoms with Crippen LogP contribution in [-0.2, 0) is 14.3 Å². The fourth-order valence-electron chi connectivity index (χ4n) is 0.629. The van der Waals surface area contributed by atoms with Crippen LogP contribution in [0, 0.1) is 0 Å². The molecule has 0 aromatic heterocycles. The highest BCUT2D eigenvalue weighted by molar-refractivity contribution is 7.86. The second-order valence-corrected chi connectivity index (χ2v) is 4.40. The van der Waals surface area contributed by atoms with Gasteiger partial charge >= 0.3 is 0 Å². The Bertz CT molecular complexity index is 226. The van der Waals surface area contributed by atoms with E-state index in [2.05, 4.69) is 10.8 Å². The molecule has 11 heavy (non-hydrogen) atoms. The Labute approximate surface area is 68.2 Å². The fourth-order valence-corrected chi connectivity index (χ4v) is 1.89. The van der Waals surface area contributed by atoms with E-state index in [0.29, 0.717) is 5.57 Å². The summed E-state index contributed by atoms with van der Waals surface area (Å²) in [7, 11) is -3.38. The molecule has 0 aromatic carbocycles. The van der Waals surface area contributed by atoms with Gasteiger partial charge in [0.05, 0.1) is 11.9 Å². The summed E-state index contributed by atoms with van der Waals surface area (Å²) in [6.07, 6.45) is -0.292. The fraction of sp³-hybridized carbons (Fsp3) is 0.714. The van der Waals surface area contributed by atoms with Crippen LogP contribution >= 0.6 is 0 Å². The molecule has 0 aliphatic heterocycles. The number of hydrogen-bond acceptors (Lipinski definition) is 3. The molecule has 0 rings (SSSR count). The van der Waals surface area contributed by atoms with Gasteiger partial charge in [0.15, 0.2) is 0 Å². The molecule has 66 valence electrons. The van der Waals surface area contributed by atoms with Crippen LogP contribution in [0.5, 0.6) is 0 Å². The molecular formula is C7H14O3S. The summed E-state index contributed by atoms with van der Waals surface area (Å²) in [6.45, 7) is 8.50. The first-order valence-electron chi connectivity index (χ1n) is 3.39. The third-order valence-electron chi connectivity index (χ3n) is 0.762. The first kappa shape index (κ1) is 10.7. The molecule has 0 spiro atoms. The van der Waals surface area contributed by atoms with Crippen LogP contribution in [0.25, 0.3) is 0 Å². The van der Waals surface area contributed by atoms with Gasteiger partial charge < -0.3 is 0 Å². The molecule has 0 heterocycles. The highest BCUT2D eigenvalue weighted by Gasteiger charge is 2.12. The summed E-state index contributed by atoms with van der Waals surface area (Å²) in [5.41, 5.74) is 0.589. The Kier molecular flexibility index (Phi) is 3.75. The normalized spacial score (nSPS) is 12.0. The average Bonchev–Trinajstić information content (AvgIpc) is 1.53. The zero-order chi connectivity index (χ0) is 9.07. The van der Waals surface area contributed by atoms with Gasteiger partial charge in [-0.1, -0.05) is 12.2 Å². The van der Waals surface area contributed by atoms with Gasteiger partial charge in [0.2, 0.25) is 0 Å². The van der Waals surface area contributed by atoms with Gasteiger partial charge in [0, 0.05) is 0 Å². The van der Waals surface area contributed by atoms with E-state index in [4.69, 9.17) is 0 Å². The van der Waals surface area contributed by atoms with Crippen molar-refractivity contribution >= 4 is 10.1 Å². The monoisotopic (exact) mass is 178 g/mol. The SMILES string of the molecule is C=C(C)CS(=O)(=O)OC(C)C. The van der Waals surface area contributed by atoms with Crippen molar-refractivity contribution in [3.8, 4) is 0 Å². The van der Waals surface area contributed by atoms with Crippen molar-refractivity contribution in [2.45, 2.75) is 26.9 Å². The van der Waals surface area contributed by atoms with Crippen molar-refractivity contribution in [3.63, 3.8) is 0 Å². The van der Waals surface area contributed by atoms with Gasteiger partial charge in [-0.2, -0.15) is 8.42 Å². The van der Waals surface area contributed by atoms with Crippen molar-refractivity contribution < 1.29 is 12.6 Å². The van der Waals surface area contributed by atoms with Crippen LogP contribution < -0.4 is 0 Å². The van der Waals surface area contributed by atoms with Gasteiger partial charge in [0.1, 0.15) is 0 Å². The number of rotatable bonds is 4. The largest absolute Gasteiger partial charge is 0.271 e. The molecule has 0 saturated heterocycles. The lowest BCUT2D eigenvalue weighted by molar-refractivity contribution is 0.250. The van der Waals surface area contributed by atoms with Gasteiger partial charge in [-0.05, 0) is 20.8 Å². The average molecular weight is 178 g/mol. The molecule has 0 bridgehead atoms. The van der Waals surface area contributed by atoms with E-state index in [1.54, 1.807) is 20.8 Å². The lowest BCUT2D eigenvalue weighted by atomic mass is 10.4. The van der Waals surface area contributed by atoms with Crippen molar-refractivity contribution in [1.29, 1.82) is 0 Å². The maximum atomic E-state index is 11.0. The molecule has 0 fully saturated rings. The van der Waals surface area contributed by atoms with Crippen LogP contribution in [0.15, 0.2) is 12.2 Å². The summed E-state index contributed by atoms with van der Waals surface area (Å²) in [5.74, 6) is -0.0921. The summed E-state index contributed by atoms with van der Waals surface area (Å²) in [5, 5.41) is 0. The highest BCUT2D eigenvalue weighted by Crippen LogP contribution is 2.03. The summed E-state index contributed by atoms with van der Waals surface area (Å²) in [6, 6.07) is 0. The summed E-state index contributed by atoms with van der Waals surface area (Å²) in [4.78, 5) is 0. The van der Waals surface area contributed by atoms with Crippen molar-refractivity contribution in [1.82, 2.24) is 0 Å². The highest BCUT2D eigenvalue weighted by atomic mass is 32.2. The van der Waals surface area contributed by atoms with E-state index in [1.165, 1.54) is 0 Å². The topological polar surface area (TPSA) is 43.4 Å². The maximum absolute atomic E-state index is 11.0. The first-order chi connectivity index (χ1) is 4.83. The zero-order valence-electron chi connectivity index (χ0n) is 7.12. The molecule has 0 saturated carbocycles. The molecule has 3 nitrogen and oxygen atoms in total. The Morgan fingerprint density at radius 1 is 1.55 bits per heavy atom. The van der Waals surface area contributed by atoms with Gasteiger partial charge in [-0.15, -0.1) is 0 Å². The standard InChI is InChI=1S/C7H14O3S/c1-6(2)5-11(8,9)10-7(3)4/h7H,1,5H2,2-4H3. The third kappa shape index (κ3) is 6.06. The molecule has 0 unspecified atom stereocenters. The van der Waals surface area contributed by atoms with Crippen LogP contribution in [0.2, 0.25) is 0 Å². The van der Waals surface area contributed by atoms with Crippen LogP contribution in [0.3, 0.4) is 0 Å². The maximum Gasteiger partial charge on any atom is 0.271 e. The van der Waals surface area contributed by atoms with E-state index in [1.807, 2.05) is 0 Å². The lowest BCUT2D eigenvalue weighted by Gasteiger charge is -2.07. The smallest absolute Gasteiger partial charge is 0.267 e. The van der Waals surface area contributed by atoms with Crippen molar-refractivity contribution in [3.05, 3.63) is 12.2 Å². The second-order valence-electron chi connectivity index (χ2n) is 2.80. The van der Waals surface area contributed by atoms with E-state index < -0.39 is 10.1 Å². The summed E-state index contributed by atoms with van der Waals surface area (Å²) >= 11 is 0. The Morgan fingerprint density at radius 3 is 2.27 bits per heavy atom. The third-order valence-corrected chi connectivity index (χ3v) is 2.29. The van der Waals surface area contributed by atoms with Crippen molar-refractivity contribution in [2.24, 2.45) is 0 Å². The number of hydrogen-bond donors (Lipinski definition) is 0. The minimum atomic E-state index is -3.38. The second kappa shape index (κ2) is 3.88. The zero-order valence-corrected chi connectivity index (χ0v) is 7.94. The molecule has 4 heteroatoms. The first-order valence-corrected chi connectivity index (χ1v) is 4.96. The van der Waals surface area contributed by atoms with E-state index in [9.17, 15) is 8.42 Å². The van der Waals surface area contributed by atoms with Crippen LogP contribution in [0.1, 0.15) is 20.8 Å². The van der Waals surface area contributed by atoms with Crippen LogP contribution in [-0.4, -0.2) is 20.3 Å². The minimum absolute atomic E-state index is 0.0921. The minimum Gasteiger partial charge on any atom is -0.267 e.